The second-order valence-corrected chi connectivity index (χ2v) is 4.88. The molecule has 5 nitrogen and oxygen atoms in total. The van der Waals surface area contributed by atoms with Gasteiger partial charge in [-0.15, -0.1) is 0 Å². The molecule has 1 aliphatic heterocycles. The smallest absolute Gasteiger partial charge is 0.213 e. The molecule has 1 fully saturated rings. The van der Waals surface area contributed by atoms with E-state index in [-0.39, 0.29) is 0 Å². The first-order chi connectivity index (χ1) is 9.29. The lowest BCUT2D eigenvalue weighted by Crippen LogP contribution is -2.45. The summed E-state index contributed by atoms with van der Waals surface area (Å²) >= 11 is 0. The van der Waals surface area contributed by atoms with Gasteiger partial charge in [0, 0.05) is 20.2 Å². The average Bonchev–Trinajstić information content (AvgIpc) is 2.47. The summed E-state index contributed by atoms with van der Waals surface area (Å²) in [7, 11) is 2.00. The van der Waals surface area contributed by atoms with Crippen molar-refractivity contribution in [3.05, 3.63) is 30.3 Å². The van der Waals surface area contributed by atoms with Gasteiger partial charge in [-0.3, -0.25) is 5.43 Å². The molecule has 1 aromatic carbocycles. The Morgan fingerprint density at radius 3 is 2.89 bits per heavy atom. The Balaban J connectivity index is 1.98. The summed E-state index contributed by atoms with van der Waals surface area (Å²) in [5.74, 6) is 6.80. The van der Waals surface area contributed by atoms with E-state index < -0.39 is 0 Å². The third-order valence-corrected chi connectivity index (χ3v) is 3.27. The number of rotatable bonds is 3. The van der Waals surface area contributed by atoms with Crippen molar-refractivity contribution in [2.75, 3.05) is 26.8 Å². The summed E-state index contributed by atoms with van der Waals surface area (Å²) in [6.07, 6.45) is 2.34. The van der Waals surface area contributed by atoms with Crippen LogP contribution < -0.4 is 11.3 Å². The molecule has 0 spiro atoms. The van der Waals surface area contributed by atoms with Gasteiger partial charge in [0.05, 0.1) is 12.3 Å². The highest BCUT2D eigenvalue weighted by Crippen LogP contribution is 2.15. The Kier molecular flexibility index (Phi) is 5.18. The van der Waals surface area contributed by atoms with Gasteiger partial charge < -0.3 is 9.64 Å². The first-order valence-electron chi connectivity index (χ1n) is 6.69. The van der Waals surface area contributed by atoms with Crippen LogP contribution in [-0.2, 0) is 4.74 Å². The van der Waals surface area contributed by atoms with Gasteiger partial charge in [0.25, 0.3) is 0 Å². The number of hydrogen-bond donors (Lipinski definition) is 2. The highest BCUT2D eigenvalue weighted by molar-refractivity contribution is 5.81. The van der Waals surface area contributed by atoms with Crippen molar-refractivity contribution in [3.63, 3.8) is 0 Å². The fourth-order valence-electron chi connectivity index (χ4n) is 2.28. The zero-order chi connectivity index (χ0) is 13.5. The van der Waals surface area contributed by atoms with Gasteiger partial charge in [-0.1, -0.05) is 18.2 Å². The zero-order valence-electron chi connectivity index (χ0n) is 11.4. The van der Waals surface area contributed by atoms with E-state index in [1.807, 2.05) is 42.3 Å². The molecular weight excluding hydrogens is 240 g/mol. The molecule has 1 aromatic rings. The first-order valence-corrected chi connectivity index (χ1v) is 6.69. The monoisotopic (exact) mass is 262 g/mol. The van der Waals surface area contributed by atoms with Crippen LogP contribution in [0.2, 0.25) is 0 Å². The molecule has 2 rings (SSSR count). The molecule has 5 heteroatoms. The maximum atomic E-state index is 5.57. The minimum absolute atomic E-state index is 0.549. The van der Waals surface area contributed by atoms with Gasteiger partial charge in [-0.2, -0.15) is 0 Å². The Morgan fingerprint density at radius 2 is 2.26 bits per heavy atom. The minimum atomic E-state index is 0.549. The molecule has 0 radical (unpaired) electrons. The summed E-state index contributed by atoms with van der Waals surface area (Å²) in [4.78, 5) is 6.56. The van der Waals surface area contributed by atoms with Gasteiger partial charge >= 0.3 is 0 Å². The number of benzene rings is 1. The highest BCUT2D eigenvalue weighted by atomic mass is 16.5. The van der Waals surface area contributed by atoms with Crippen LogP contribution in [0.3, 0.4) is 0 Å². The van der Waals surface area contributed by atoms with Crippen molar-refractivity contribution in [2.45, 2.75) is 12.8 Å². The number of nitrogens with one attached hydrogen (secondary N) is 1. The maximum Gasteiger partial charge on any atom is 0.213 e. The molecule has 0 amide bonds. The second kappa shape index (κ2) is 7.11. The van der Waals surface area contributed by atoms with Crippen molar-refractivity contribution < 1.29 is 4.74 Å². The van der Waals surface area contributed by atoms with Gasteiger partial charge in [0.2, 0.25) is 5.96 Å². The minimum Gasteiger partial charge on any atom is -0.381 e. The van der Waals surface area contributed by atoms with E-state index in [0.29, 0.717) is 11.9 Å². The number of nitrogens with zero attached hydrogens (tertiary/aromatic N) is 2. The summed E-state index contributed by atoms with van der Waals surface area (Å²) in [6.45, 7) is 2.61. The van der Waals surface area contributed by atoms with Gasteiger partial charge in [0.1, 0.15) is 0 Å². The SMILES string of the molecule is CN(CC1CCCOC1)C(=Nc1ccccc1)NN. The fraction of sp³-hybridized carbons (Fsp3) is 0.500. The number of guanidine groups is 1. The lowest BCUT2D eigenvalue weighted by atomic mass is 10.0. The molecule has 0 saturated carbocycles. The van der Waals surface area contributed by atoms with E-state index in [9.17, 15) is 0 Å². The van der Waals surface area contributed by atoms with Crippen molar-refractivity contribution in [3.8, 4) is 0 Å². The summed E-state index contributed by atoms with van der Waals surface area (Å²) in [5.41, 5.74) is 3.57. The van der Waals surface area contributed by atoms with Crippen LogP contribution in [0.1, 0.15) is 12.8 Å². The predicted octanol–water partition coefficient (Wildman–Crippen LogP) is 1.50. The quantitative estimate of drug-likeness (QED) is 0.375. The topological polar surface area (TPSA) is 62.9 Å². The Labute approximate surface area is 114 Å². The van der Waals surface area contributed by atoms with Gasteiger partial charge in [-0.25, -0.2) is 10.8 Å². The van der Waals surface area contributed by atoms with Crippen LogP contribution in [0.4, 0.5) is 5.69 Å². The van der Waals surface area contributed by atoms with Crippen LogP contribution in [0.5, 0.6) is 0 Å². The lowest BCUT2D eigenvalue weighted by molar-refractivity contribution is 0.0483. The highest BCUT2D eigenvalue weighted by Gasteiger charge is 2.17. The summed E-state index contributed by atoms with van der Waals surface area (Å²) in [5, 5.41) is 0. The Morgan fingerprint density at radius 1 is 1.47 bits per heavy atom. The first kappa shape index (κ1) is 13.8. The van der Waals surface area contributed by atoms with Crippen LogP contribution >= 0.6 is 0 Å². The van der Waals surface area contributed by atoms with E-state index in [0.717, 1.165) is 31.9 Å². The van der Waals surface area contributed by atoms with Crippen LogP contribution in [0.15, 0.2) is 35.3 Å². The van der Waals surface area contributed by atoms with Crippen LogP contribution in [0.25, 0.3) is 0 Å². The van der Waals surface area contributed by atoms with E-state index in [1.165, 1.54) is 6.42 Å². The molecule has 1 saturated heterocycles. The van der Waals surface area contributed by atoms with Crippen molar-refractivity contribution in [1.29, 1.82) is 0 Å². The number of ether oxygens (including phenoxy) is 1. The van der Waals surface area contributed by atoms with E-state index in [4.69, 9.17) is 10.6 Å². The second-order valence-electron chi connectivity index (χ2n) is 4.88. The van der Waals surface area contributed by atoms with E-state index >= 15 is 0 Å². The Hall–Kier alpha value is -1.59. The Bertz CT molecular complexity index is 401. The summed E-state index contributed by atoms with van der Waals surface area (Å²) < 4.78 is 5.50. The van der Waals surface area contributed by atoms with Gasteiger partial charge in [0.15, 0.2) is 0 Å². The number of hydrazine groups is 1. The van der Waals surface area contributed by atoms with Crippen molar-refractivity contribution >= 4 is 11.6 Å². The normalized spacial score (nSPS) is 20.1. The van der Waals surface area contributed by atoms with Crippen molar-refractivity contribution in [2.24, 2.45) is 16.8 Å². The predicted molar refractivity (Wildman–Crippen MR) is 77.0 cm³/mol. The van der Waals surface area contributed by atoms with E-state index in [2.05, 4.69) is 10.4 Å². The fourth-order valence-corrected chi connectivity index (χ4v) is 2.28. The summed E-state index contributed by atoms with van der Waals surface area (Å²) in [6, 6.07) is 9.80. The molecule has 0 bridgehead atoms. The number of aliphatic imine (C=N–C) groups is 1. The maximum absolute atomic E-state index is 5.57. The largest absolute Gasteiger partial charge is 0.381 e. The molecule has 1 unspecified atom stereocenters. The molecule has 3 N–H and O–H groups in total. The van der Waals surface area contributed by atoms with E-state index in [1.54, 1.807) is 0 Å². The number of para-hydroxylation sites is 1. The number of hydrogen-bond acceptors (Lipinski definition) is 3. The van der Waals surface area contributed by atoms with Gasteiger partial charge in [-0.05, 0) is 30.9 Å². The molecule has 1 aliphatic rings. The third kappa shape index (κ3) is 4.22. The zero-order valence-corrected chi connectivity index (χ0v) is 11.4. The van der Waals surface area contributed by atoms with Crippen LogP contribution in [-0.4, -0.2) is 37.7 Å². The third-order valence-electron chi connectivity index (χ3n) is 3.27. The molecule has 0 aliphatic carbocycles. The molecule has 1 heterocycles. The van der Waals surface area contributed by atoms with Crippen molar-refractivity contribution in [1.82, 2.24) is 10.3 Å². The molecule has 0 aromatic heterocycles. The molecular formula is C14H22N4O. The number of nitrogens with two attached hydrogens (primary N) is 1. The average molecular weight is 262 g/mol. The molecule has 104 valence electrons. The molecule has 19 heavy (non-hydrogen) atoms. The standard InChI is InChI=1S/C14H22N4O/c1-18(10-12-6-5-9-19-11-12)14(17-15)16-13-7-3-2-4-8-13/h2-4,7-8,12H,5-6,9-11,15H2,1H3,(H,16,17). The molecule has 1 atom stereocenters. The lowest BCUT2D eigenvalue weighted by Gasteiger charge is -2.28. The van der Waals surface area contributed by atoms with Crippen LogP contribution in [0, 0.1) is 5.92 Å².